The molecule has 5 heteroatoms. The molecule has 0 bridgehead atoms. The van der Waals surface area contributed by atoms with Gasteiger partial charge in [-0.2, -0.15) is 0 Å². The Morgan fingerprint density at radius 1 is 1.39 bits per heavy atom. The topological polar surface area (TPSA) is 39.6 Å². The molecule has 1 saturated heterocycles. The summed E-state index contributed by atoms with van der Waals surface area (Å²) in [6.07, 6.45) is 2.89. The van der Waals surface area contributed by atoms with Crippen LogP contribution in [-0.2, 0) is 0 Å². The van der Waals surface area contributed by atoms with Crippen LogP contribution in [-0.4, -0.2) is 54.3 Å². The van der Waals surface area contributed by atoms with E-state index in [0.29, 0.717) is 0 Å². The quantitative estimate of drug-likeness (QED) is 0.883. The first kappa shape index (κ1) is 13.8. The lowest BCUT2D eigenvalue weighted by atomic mass is 9.88. The molecule has 1 N–H and O–H groups in total. The summed E-state index contributed by atoms with van der Waals surface area (Å²) in [6.45, 7) is 9.80. The van der Waals surface area contributed by atoms with Gasteiger partial charge in [0.1, 0.15) is 0 Å². The van der Waals surface area contributed by atoms with Crippen molar-refractivity contribution in [1.82, 2.24) is 9.88 Å². The molecular formula is C13H23N3OS. The van der Waals surface area contributed by atoms with E-state index in [4.69, 9.17) is 0 Å². The maximum Gasteiger partial charge on any atom is 0.185 e. The Kier molecular flexibility index (Phi) is 4.59. The summed E-state index contributed by atoms with van der Waals surface area (Å²) in [4.78, 5) is 9.17. The van der Waals surface area contributed by atoms with Gasteiger partial charge in [-0.1, -0.05) is 13.8 Å². The van der Waals surface area contributed by atoms with Gasteiger partial charge in [0.15, 0.2) is 5.13 Å². The van der Waals surface area contributed by atoms with Gasteiger partial charge in [-0.25, -0.2) is 4.98 Å². The number of hydrogen-bond acceptors (Lipinski definition) is 5. The number of anilines is 1. The summed E-state index contributed by atoms with van der Waals surface area (Å²) in [5, 5.41) is 12.6. The van der Waals surface area contributed by atoms with E-state index in [0.717, 1.165) is 44.3 Å². The van der Waals surface area contributed by atoms with Gasteiger partial charge >= 0.3 is 0 Å². The van der Waals surface area contributed by atoms with Gasteiger partial charge in [0.2, 0.25) is 0 Å². The Balaban J connectivity index is 1.83. The van der Waals surface area contributed by atoms with Crippen LogP contribution in [0.5, 0.6) is 0 Å². The molecule has 2 rings (SSSR count). The molecule has 0 radical (unpaired) electrons. The minimum atomic E-state index is 0.0450. The molecule has 1 unspecified atom stereocenters. The predicted molar refractivity (Wildman–Crippen MR) is 76.3 cm³/mol. The fraction of sp³-hybridized carbons (Fsp3) is 0.769. The van der Waals surface area contributed by atoms with Crippen molar-refractivity contribution >= 4 is 16.5 Å². The largest absolute Gasteiger partial charge is 0.396 e. The van der Waals surface area contributed by atoms with Gasteiger partial charge in [0.05, 0.1) is 0 Å². The number of rotatable bonds is 5. The third-order valence-electron chi connectivity index (χ3n) is 3.90. The predicted octanol–water partition coefficient (Wildman–Crippen LogP) is 1.67. The Morgan fingerprint density at radius 2 is 2.11 bits per heavy atom. The Labute approximate surface area is 113 Å². The molecular weight excluding hydrogens is 246 g/mol. The normalized spacial score (nSPS) is 20.9. The van der Waals surface area contributed by atoms with Crippen LogP contribution in [0.3, 0.4) is 0 Å². The summed E-state index contributed by atoms with van der Waals surface area (Å²) >= 11 is 1.71. The zero-order valence-corrected chi connectivity index (χ0v) is 12.1. The van der Waals surface area contributed by atoms with E-state index in [9.17, 15) is 5.11 Å². The second-order valence-corrected chi connectivity index (χ2v) is 6.27. The summed E-state index contributed by atoms with van der Waals surface area (Å²) in [7, 11) is 0. The monoisotopic (exact) mass is 269 g/mol. The standard InChI is InChI=1S/C13H23N3OS/c1-3-13(2,11-17)10-15-5-7-16(8-6-15)12-14-4-9-18-12/h4,9,17H,3,5-8,10-11H2,1-2H3. The molecule has 1 aliphatic heterocycles. The first-order valence-corrected chi connectivity index (χ1v) is 7.52. The molecule has 0 saturated carbocycles. The van der Waals surface area contributed by atoms with Crippen molar-refractivity contribution in [2.75, 3.05) is 44.2 Å². The zero-order valence-electron chi connectivity index (χ0n) is 11.3. The molecule has 102 valence electrons. The average molecular weight is 269 g/mol. The molecule has 1 aromatic rings. The summed E-state index contributed by atoms with van der Waals surface area (Å²) in [6, 6.07) is 0. The molecule has 0 aliphatic carbocycles. The highest BCUT2D eigenvalue weighted by molar-refractivity contribution is 7.13. The van der Waals surface area contributed by atoms with Crippen LogP contribution in [0.1, 0.15) is 20.3 Å². The van der Waals surface area contributed by atoms with E-state index in [1.165, 1.54) is 0 Å². The van der Waals surface area contributed by atoms with Crippen LogP contribution >= 0.6 is 11.3 Å². The SMILES string of the molecule is CCC(C)(CO)CN1CCN(c2nccs2)CC1. The van der Waals surface area contributed by atoms with Crippen molar-refractivity contribution in [2.24, 2.45) is 5.41 Å². The van der Waals surface area contributed by atoms with Crippen LogP contribution in [0.25, 0.3) is 0 Å². The van der Waals surface area contributed by atoms with Gasteiger partial charge in [-0.15, -0.1) is 11.3 Å². The summed E-state index contributed by atoms with van der Waals surface area (Å²) in [5.74, 6) is 0. The van der Waals surface area contributed by atoms with E-state index < -0.39 is 0 Å². The van der Waals surface area contributed by atoms with E-state index in [1.807, 2.05) is 11.6 Å². The summed E-state index contributed by atoms with van der Waals surface area (Å²) < 4.78 is 0. The average Bonchev–Trinajstić information content (AvgIpc) is 2.93. The number of hydrogen-bond donors (Lipinski definition) is 1. The molecule has 0 aromatic carbocycles. The van der Waals surface area contributed by atoms with Gasteiger partial charge < -0.3 is 10.0 Å². The van der Waals surface area contributed by atoms with Crippen LogP contribution in [0.4, 0.5) is 5.13 Å². The third-order valence-corrected chi connectivity index (χ3v) is 4.73. The second-order valence-electron chi connectivity index (χ2n) is 5.40. The number of aliphatic hydroxyl groups is 1. The van der Waals surface area contributed by atoms with Crippen molar-refractivity contribution < 1.29 is 5.11 Å². The van der Waals surface area contributed by atoms with E-state index in [1.54, 1.807) is 11.3 Å². The van der Waals surface area contributed by atoms with Crippen LogP contribution in [0.2, 0.25) is 0 Å². The molecule has 1 aliphatic rings. The lowest BCUT2D eigenvalue weighted by Gasteiger charge is -2.39. The fourth-order valence-corrected chi connectivity index (χ4v) is 2.98. The highest BCUT2D eigenvalue weighted by atomic mass is 32.1. The number of aliphatic hydroxyl groups excluding tert-OH is 1. The van der Waals surface area contributed by atoms with Crippen LogP contribution in [0.15, 0.2) is 11.6 Å². The second kappa shape index (κ2) is 5.99. The van der Waals surface area contributed by atoms with E-state index in [-0.39, 0.29) is 12.0 Å². The minimum Gasteiger partial charge on any atom is -0.396 e. The van der Waals surface area contributed by atoms with Crippen molar-refractivity contribution in [3.63, 3.8) is 0 Å². The van der Waals surface area contributed by atoms with E-state index >= 15 is 0 Å². The Bertz CT molecular complexity index is 343. The van der Waals surface area contributed by atoms with Crippen molar-refractivity contribution in [1.29, 1.82) is 0 Å². The van der Waals surface area contributed by atoms with Gasteiger partial charge in [-0.3, -0.25) is 4.90 Å². The Hall–Kier alpha value is -0.650. The number of piperazine rings is 1. The molecule has 0 spiro atoms. The molecule has 1 fully saturated rings. The van der Waals surface area contributed by atoms with Gasteiger partial charge in [0, 0.05) is 56.3 Å². The number of nitrogens with zero attached hydrogens (tertiary/aromatic N) is 3. The maximum atomic E-state index is 9.47. The smallest absolute Gasteiger partial charge is 0.185 e. The molecule has 1 aromatic heterocycles. The Morgan fingerprint density at radius 3 is 2.61 bits per heavy atom. The highest BCUT2D eigenvalue weighted by Crippen LogP contribution is 2.24. The first-order valence-electron chi connectivity index (χ1n) is 6.64. The lowest BCUT2D eigenvalue weighted by Crippen LogP contribution is -2.50. The molecule has 18 heavy (non-hydrogen) atoms. The van der Waals surface area contributed by atoms with Crippen LogP contribution < -0.4 is 4.90 Å². The van der Waals surface area contributed by atoms with Gasteiger partial charge in [0.25, 0.3) is 0 Å². The molecule has 4 nitrogen and oxygen atoms in total. The van der Waals surface area contributed by atoms with Crippen LogP contribution in [0, 0.1) is 5.41 Å². The summed E-state index contributed by atoms with van der Waals surface area (Å²) in [5.41, 5.74) is 0.0450. The van der Waals surface area contributed by atoms with Crippen molar-refractivity contribution in [3.8, 4) is 0 Å². The zero-order chi connectivity index (χ0) is 13.0. The first-order chi connectivity index (χ1) is 8.67. The van der Waals surface area contributed by atoms with Gasteiger partial charge in [-0.05, 0) is 6.42 Å². The highest BCUT2D eigenvalue weighted by Gasteiger charge is 2.27. The number of thiazole rings is 1. The molecule has 2 heterocycles. The van der Waals surface area contributed by atoms with E-state index in [2.05, 4.69) is 28.6 Å². The van der Waals surface area contributed by atoms with Crippen molar-refractivity contribution in [2.45, 2.75) is 20.3 Å². The lowest BCUT2D eigenvalue weighted by molar-refractivity contribution is 0.0818. The maximum absolute atomic E-state index is 9.47. The molecule has 1 atom stereocenters. The van der Waals surface area contributed by atoms with Crippen molar-refractivity contribution in [3.05, 3.63) is 11.6 Å². The third kappa shape index (κ3) is 3.22. The number of aromatic nitrogens is 1. The molecule has 0 amide bonds. The minimum absolute atomic E-state index is 0.0450. The fourth-order valence-electron chi connectivity index (χ4n) is 2.28.